The zero-order valence-corrected chi connectivity index (χ0v) is 12.0. The zero-order valence-electron chi connectivity index (χ0n) is 12.0. The Morgan fingerprint density at radius 2 is 2.30 bits per heavy atom. The van der Waals surface area contributed by atoms with E-state index in [2.05, 4.69) is 24.4 Å². The fourth-order valence-corrected chi connectivity index (χ4v) is 3.27. The zero-order chi connectivity index (χ0) is 13.9. The van der Waals surface area contributed by atoms with Crippen LogP contribution < -0.4 is 10.2 Å². The van der Waals surface area contributed by atoms with Crippen molar-refractivity contribution in [1.29, 1.82) is 0 Å². The Labute approximate surface area is 120 Å². The molecule has 0 unspecified atom stereocenters. The lowest BCUT2D eigenvalue weighted by Gasteiger charge is -2.22. The number of para-hydroxylation sites is 1. The molecule has 20 heavy (non-hydrogen) atoms. The van der Waals surface area contributed by atoms with Crippen LogP contribution in [0, 0.1) is 0 Å². The summed E-state index contributed by atoms with van der Waals surface area (Å²) in [6, 6.07) is 8.50. The molecule has 2 atom stereocenters. The van der Waals surface area contributed by atoms with Gasteiger partial charge in [-0.2, -0.15) is 0 Å². The van der Waals surface area contributed by atoms with Crippen molar-refractivity contribution < 1.29 is 14.8 Å². The maximum Gasteiger partial charge on any atom is 0.282 e. The van der Waals surface area contributed by atoms with Crippen LogP contribution in [-0.2, 0) is 16.0 Å². The largest absolute Gasteiger partial charge is 0.372 e. The van der Waals surface area contributed by atoms with Crippen molar-refractivity contribution in [3.05, 3.63) is 29.8 Å². The summed E-state index contributed by atoms with van der Waals surface area (Å²) in [4.78, 5) is 14.4. The average molecular weight is 275 g/mol. The fourth-order valence-electron chi connectivity index (χ4n) is 3.27. The molecular weight excluding hydrogens is 252 g/mol. The van der Waals surface area contributed by atoms with Crippen molar-refractivity contribution in [1.82, 2.24) is 0 Å². The van der Waals surface area contributed by atoms with Gasteiger partial charge in [0, 0.05) is 18.3 Å². The summed E-state index contributed by atoms with van der Waals surface area (Å²) in [6.45, 7) is 4.41. The summed E-state index contributed by atoms with van der Waals surface area (Å²) in [6.07, 6.45) is 3.59. The van der Waals surface area contributed by atoms with Gasteiger partial charge in [-0.25, -0.2) is 0 Å². The monoisotopic (exact) mass is 275 g/mol. The van der Waals surface area contributed by atoms with Crippen LogP contribution in [0.5, 0.6) is 0 Å². The number of rotatable bonds is 4. The molecule has 4 heteroatoms. The average Bonchev–Trinajstić information content (AvgIpc) is 3.04. The normalized spacial score (nSPS) is 24.9. The first-order chi connectivity index (χ1) is 9.75. The Morgan fingerprint density at radius 1 is 1.45 bits per heavy atom. The topological polar surface area (TPSA) is 46.2 Å². The molecule has 108 valence electrons. The summed E-state index contributed by atoms with van der Waals surface area (Å²) in [5.74, 6) is 0.209. The first-order valence-corrected chi connectivity index (χ1v) is 7.59. The minimum Gasteiger partial charge on any atom is -0.372 e. The van der Waals surface area contributed by atoms with Crippen molar-refractivity contribution in [3.8, 4) is 0 Å². The van der Waals surface area contributed by atoms with Gasteiger partial charge in [-0.05, 0) is 37.8 Å². The Bertz CT molecular complexity index is 483. The van der Waals surface area contributed by atoms with E-state index >= 15 is 0 Å². The molecule has 3 rings (SSSR count). The molecule has 4 nitrogen and oxygen atoms in total. The highest BCUT2D eigenvalue weighted by molar-refractivity contribution is 5.96. The minimum atomic E-state index is 0.209. The summed E-state index contributed by atoms with van der Waals surface area (Å²) in [5, 5.41) is 2.09. The van der Waals surface area contributed by atoms with Gasteiger partial charge in [-0.1, -0.05) is 18.2 Å². The number of hydrogen-bond donors (Lipinski definition) is 1. The van der Waals surface area contributed by atoms with Gasteiger partial charge in [0.05, 0.1) is 0 Å². The van der Waals surface area contributed by atoms with Gasteiger partial charge in [-0.15, -0.1) is 0 Å². The molecule has 2 aliphatic heterocycles. The molecule has 1 amide bonds. The number of ether oxygens (including phenoxy) is 1. The third-order valence-electron chi connectivity index (χ3n) is 4.25. The van der Waals surface area contributed by atoms with Gasteiger partial charge in [0.25, 0.3) is 5.91 Å². The summed E-state index contributed by atoms with van der Waals surface area (Å²) in [7, 11) is 0. The molecular formula is C16H23N2O2+. The van der Waals surface area contributed by atoms with E-state index in [1.54, 1.807) is 0 Å². The van der Waals surface area contributed by atoms with E-state index in [0.29, 0.717) is 12.6 Å². The number of amides is 1. The molecule has 1 aromatic carbocycles. The maximum absolute atomic E-state index is 12.4. The quantitative estimate of drug-likeness (QED) is 0.879. The van der Waals surface area contributed by atoms with E-state index in [1.807, 2.05) is 17.0 Å². The van der Waals surface area contributed by atoms with Crippen molar-refractivity contribution in [2.75, 3.05) is 24.6 Å². The predicted molar refractivity (Wildman–Crippen MR) is 77.7 cm³/mol. The Kier molecular flexibility index (Phi) is 4.03. The second-order valence-electron chi connectivity index (χ2n) is 5.81. The summed E-state index contributed by atoms with van der Waals surface area (Å²) < 4.78 is 5.58. The molecule has 2 aliphatic rings. The number of fused-ring (bicyclic) bond motifs is 1. The molecule has 0 bridgehead atoms. The summed E-state index contributed by atoms with van der Waals surface area (Å²) >= 11 is 0. The number of nitrogens with zero attached hydrogens (tertiary/aromatic N) is 1. The van der Waals surface area contributed by atoms with Crippen LogP contribution in [0.25, 0.3) is 0 Å². The Balaban J connectivity index is 1.56. The highest BCUT2D eigenvalue weighted by Gasteiger charge is 2.31. The molecule has 0 saturated carbocycles. The SMILES string of the molecule is C[C@H]1Cc2ccccc2N1C(=O)C[NH2+]C[C@@H]1CCCO1. The van der Waals surface area contributed by atoms with Gasteiger partial charge in [0.2, 0.25) is 0 Å². The van der Waals surface area contributed by atoms with E-state index < -0.39 is 0 Å². The predicted octanol–water partition coefficient (Wildman–Crippen LogP) is 0.707. The van der Waals surface area contributed by atoms with Crippen molar-refractivity contribution in [3.63, 3.8) is 0 Å². The van der Waals surface area contributed by atoms with Crippen molar-refractivity contribution in [2.45, 2.75) is 38.3 Å². The molecule has 0 aliphatic carbocycles. The lowest BCUT2D eigenvalue weighted by molar-refractivity contribution is -0.650. The van der Waals surface area contributed by atoms with E-state index in [1.165, 1.54) is 5.56 Å². The summed E-state index contributed by atoms with van der Waals surface area (Å²) in [5.41, 5.74) is 2.38. The number of carbonyl (C=O) groups is 1. The van der Waals surface area contributed by atoms with Crippen molar-refractivity contribution >= 4 is 11.6 Å². The molecule has 0 radical (unpaired) electrons. The number of benzene rings is 1. The number of anilines is 1. The molecule has 0 spiro atoms. The highest BCUT2D eigenvalue weighted by atomic mass is 16.5. The second kappa shape index (κ2) is 5.94. The minimum absolute atomic E-state index is 0.209. The van der Waals surface area contributed by atoms with Gasteiger partial charge in [0.1, 0.15) is 12.6 Å². The van der Waals surface area contributed by atoms with E-state index in [0.717, 1.165) is 38.1 Å². The Hall–Kier alpha value is -1.39. The lowest BCUT2D eigenvalue weighted by atomic mass is 10.1. The van der Waals surface area contributed by atoms with Crippen LogP contribution in [0.3, 0.4) is 0 Å². The fraction of sp³-hybridized carbons (Fsp3) is 0.562. The number of nitrogens with two attached hydrogens (primary N) is 1. The van der Waals surface area contributed by atoms with Crippen LogP contribution in [0.2, 0.25) is 0 Å². The smallest absolute Gasteiger partial charge is 0.282 e. The lowest BCUT2D eigenvalue weighted by Crippen LogP contribution is -2.88. The van der Waals surface area contributed by atoms with Crippen LogP contribution >= 0.6 is 0 Å². The molecule has 1 aromatic rings. The van der Waals surface area contributed by atoms with Gasteiger partial charge in [0.15, 0.2) is 6.54 Å². The van der Waals surface area contributed by atoms with Gasteiger partial charge < -0.3 is 15.0 Å². The Morgan fingerprint density at radius 3 is 3.10 bits per heavy atom. The van der Waals surface area contributed by atoms with Crippen LogP contribution in [0.4, 0.5) is 5.69 Å². The van der Waals surface area contributed by atoms with Crippen LogP contribution in [0.15, 0.2) is 24.3 Å². The van der Waals surface area contributed by atoms with Gasteiger partial charge in [-0.3, -0.25) is 4.79 Å². The van der Waals surface area contributed by atoms with E-state index in [4.69, 9.17) is 4.74 Å². The molecule has 0 aromatic heterocycles. The maximum atomic E-state index is 12.4. The van der Waals surface area contributed by atoms with Gasteiger partial charge >= 0.3 is 0 Å². The van der Waals surface area contributed by atoms with Crippen molar-refractivity contribution in [2.24, 2.45) is 0 Å². The van der Waals surface area contributed by atoms with E-state index in [9.17, 15) is 4.79 Å². The standard InChI is InChI=1S/C16H22N2O2/c1-12-9-13-5-2-3-7-15(13)18(12)16(19)11-17-10-14-6-4-8-20-14/h2-3,5,7,12,14,17H,4,6,8-11H2,1H3/p+1/t12-,14-/m0/s1. The number of carbonyl (C=O) groups excluding carboxylic acids is 1. The second-order valence-corrected chi connectivity index (χ2v) is 5.81. The molecule has 1 fully saturated rings. The third-order valence-corrected chi connectivity index (χ3v) is 4.25. The number of hydrogen-bond acceptors (Lipinski definition) is 2. The highest BCUT2D eigenvalue weighted by Crippen LogP contribution is 2.31. The number of quaternary nitrogens is 1. The van der Waals surface area contributed by atoms with Crippen LogP contribution in [0.1, 0.15) is 25.3 Å². The molecule has 2 N–H and O–H groups in total. The molecule has 2 heterocycles. The van der Waals surface area contributed by atoms with E-state index in [-0.39, 0.29) is 11.9 Å². The molecule has 1 saturated heterocycles. The van der Waals surface area contributed by atoms with Crippen LogP contribution in [-0.4, -0.2) is 37.7 Å². The first kappa shape index (κ1) is 13.6. The first-order valence-electron chi connectivity index (χ1n) is 7.59. The third kappa shape index (κ3) is 2.72.